The molecule has 0 aromatic heterocycles. The highest BCUT2D eigenvalue weighted by atomic mass is 16.5. The lowest BCUT2D eigenvalue weighted by Crippen LogP contribution is -2.59. The SMILES string of the molecule is CCC[C@@H](NC(=O)C1(NC(=O)OCC2c3ccccc3-c3ccccc32)CCCC1)C(=O)O. The molecule has 0 unspecified atom stereocenters. The number of nitrogens with one attached hydrogen (secondary N) is 2. The molecule has 2 aliphatic carbocycles. The van der Waals surface area contributed by atoms with E-state index in [2.05, 4.69) is 22.8 Å². The highest BCUT2D eigenvalue weighted by Gasteiger charge is 2.44. The Kier molecular flexibility index (Phi) is 6.67. The van der Waals surface area contributed by atoms with E-state index >= 15 is 0 Å². The molecule has 2 aliphatic rings. The average molecular weight is 451 g/mol. The van der Waals surface area contributed by atoms with Gasteiger partial charge >= 0.3 is 12.1 Å². The van der Waals surface area contributed by atoms with E-state index in [1.807, 2.05) is 43.3 Å². The summed E-state index contributed by atoms with van der Waals surface area (Å²) >= 11 is 0. The van der Waals surface area contributed by atoms with Crippen molar-refractivity contribution in [1.82, 2.24) is 10.6 Å². The average Bonchev–Trinajstić information content (AvgIpc) is 3.41. The first kappa shape index (κ1) is 22.8. The molecule has 1 atom stereocenters. The molecule has 174 valence electrons. The zero-order valence-electron chi connectivity index (χ0n) is 18.8. The van der Waals surface area contributed by atoms with Gasteiger partial charge in [-0.3, -0.25) is 4.79 Å². The van der Waals surface area contributed by atoms with Crippen molar-refractivity contribution < 1.29 is 24.2 Å². The van der Waals surface area contributed by atoms with Gasteiger partial charge in [0.15, 0.2) is 0 Å². The molecule has 2 amide bonds. The molecule has 2 aromatic rings. The fourth-order valence-corrected chi connectivity index (χ4v) is 5.06. The quantitative estimate of drug-likeness (QED) is 0.559. The maximum Gasteiger partial charge on any atom is 0.408 e. The molecule has 0 saturated heterocycles. The van der Waals surface area contributed by atoms with Crippen LogP contribution in [0.4, 0.5) is 4.79 Å². The maximum atomic E-state index is 13.0. The molecular weight excluding hydrogens is 420 g/mol. The first-order chi connectivity index (χ1) is 15.9. The Balaban J connectivity index is 1.44. The zero-order chi connectivity index (χ0) is 23.4. The lowest BCUT2D eigenvalue weighted by molar-refractivity contribution is -0.143. The van der Waals surface area contributed by atoms with E-state index in [0.29, 0.717) is 25.7 Å². The Morgan fingerprint density at radius 2 is 1.61 bits per heavy atom. The van der Waals surface area contributed by atoms with Gasteiger partial charge < -0.3 is 20.5 Å². The van der Waals surface area contributed by atoms with Gasteiger partial charge in [0.2, 0.25) is 5.91 Å². The molecule has 3 N–H and O–H groups in total. The molecule has 7 nitrogen and oxygen atoms in total. The number of carbonyl (C=O) groups excluding carboxylic acids is 2. The van der Waals surface area contributed by atoms with Gasteiger partial charge in [-0.15, -0.1) is 0 Å². The van der Waals surface area contributed by atoms with Crippen molar-refractivity contribution in [2.45, 2.75) is 62.9 Å². The van der Waals surface area contributed by atoms with Crippen LogP contribution in [0.2, 0.25) is 0 Å². The number of hydrogen-bond donors (Lipinski definition) is 3. The second-order valence-electron chi connectivity index (χ2n) is 8.89. The summed E-state index contributed by atoms with van der Waals surface area (Å²) in [6.07, 6.45) is 2.79. The van der Waals surface area contributed by atoms with E-state index in [4.69, 9.17) is 4.74 Å². The maximum absolute atomic E-state index is 13.0. The molecule has 2 aromatic carbocycles. The lowest BCUT2D eigenvalue weighted by Gasteiger charge is -2.30. The number of carboxylic acids is 1. The summed E-state index contributed by atoms with van der Waals surface area (Å²) < 4.78 is 5.63. The second-order valence-corrected chi connectivity index (χ2v) is 8.89. The number of fused-ring (bicyclic) bond motifs is 3. The minimum atomic E-state index is -1.13. The molecule has 1 fully saturated rings. The van der Waals surface area contributed by atoms with Crippen molar-refractivity contribution in [3.8, 4) is 11.1 Å². The van der Waals surface area contributed by atoms with Crippen molar-refractivity contribution in [3.05, 3.63) is 59.7 Å². The number of aliphatic carboxylic acids is 1. The number of alkyl carbamates (subject to hydrolysis) is 1. The van der Waals surface area contributed by atoms with E-state index in [-0.39, 0.29) is 12.5 Å². The number of carboxylic acid groups (broad SMARTS) is 1. The number of carbonyl (C=O) groups is 3. The largest absolute Gasteiger partial charge is 0.480 e. The Bertz CT molecular complexity index is 999. The molecule has 0 spiro atoms. The standard InChI is InChI=1S/C26H30N2O5/c1-2-9-22(23(29)30)27-24(31)26(14-7-8-15-26)28-25(32)33-16-21-19-12-5-3-10-17(19)18-11-4-6-13-20(18)21/h3-6,10-13,21-22H,2,7-9,14-16H2,1H3,(H,27,31)(H,28,32)(H,29,30)/t22-/m1/s1. The van der Waals surface area contributed by atoms with Gasteiger partial charge in [-0.2, -0.15) is 0 Å². The van der Waals surface area contributed by atoms with E-state index in [9.17, 15) is 19.5 Å². The summed E-state index contributed by atoms with van der Waals surface area (Å²) in [6.45, 7) is 2.02. The fraction of sp³-hybridized carbons (Fsp3) is 0.423. The first-order valence-corrected chi connectivity index (χ1v) is 11.6. The van der Waals surface area contributed by atoms with Crippen LogP contribution in [0.3, 0.4) is 0 Å². The molecule has 7 heteroatoms. The number of benzene rings is 2. The van der Waals surface area contributed by atoms with E-state index in [1.54, 1.807) is 0 Å². The smallest absolute Gasteiger partial charge is 0.408 e. The van der Waals surface area contributed by atoms with Crippen molar-refractivity contribution in [2.24, 2.45) is 0 Å². The van der Waals surface area contributed by atoms with Gasteiger partial charge in [-0.05, 0) is 41.5 Å². The molecule has 4 rings (SSSR count). The summed E-state index contributed by atoms with van der Waals surface area (Å²) in [5, 5.41) is 14.8. The molecular formula is C26H30N2O5. The number of ether oxygens (including phenoxy) is 1. The summed E-state index contributed by atoms with van der Waals surface area (Å²) in [7, 11) is 0. The van der Waals surface area contributed by atoms with Crippen LogP contribution in [-0.4, -0.2) is 41.3 Å². The summed E-state index contributed by atoms with van der Waals surface area (Å²) in [6, 6.07) is 15.2. The number of amides is 2. The molecule has 0 heterocycles. The first-order valence-electron chi connectivity index (χ1n) is 11.6. The van der Waals surface area contributed by atoms with Crippen molar-refractivity contribution in [1.29, 1.82) is 0 Å². The van der Waals surface area contributed by atoms with Gasteiger partial charge in [-0.25, -0.2) is 9.59 Å². The van der Waals surface area contributed by atoms with E-state index < -0.39 is 29.6 Å². The van der Waals surface area contributed by atoms with Crippen LogP contribution in [0.25, 0.3) is 11.1 Å². The predicted octanol–water partition coefficient (Wildman–Crippen LogP) is 4.21. The molecule has 0 bridgehead atoms. The topological polar surface area (TPSA) is 105 Å². The normalized spacial score (nSPS) is 17.0. The molecule has 1 saturated carbocycles. The Morgan fingerprint density at radius 1 is 1.03 bits per heavy atom. The summed E-state index contributed by atoms with van der Waals surface area (Å²) in [4.78, 5) is 37.3. The van der Waals surface area contributed by atoms with Crippen LogP contribution in [0.15, 0.2) is 48.5 Å². The number of hydrogen-bond acceptors (Lipinski definition) is 4. The van der Waals surface area contributed by atoms with Gasteiger partial charge in [-0.1, -0.05) is 74.7 Å². The van der Waals surface area contributed by atoms with Crippen molar-refractivity contribution in [2.75, 3.05) is 6.61 Å². The Hall–Kier alpha value is -3.35. The molecule has 0 aliphatic heterocycles. The van der Waals surface area contributed by atoms with Crippen LogP contribution in [0.5, 0.6) is 0 Å². The predicted molar refractivity (Wildman–Crippen MR) is 124 cm³/mol. The minimum absolute atomic E-state index is 0.0718. The van der Waals surface area contributed by atoms with Gasteiger partial charge in [0.25, 0.3) is 0 Å². The van der Waals surface area contributed by atoms with Gasteiger partial charge in [0.05, 0.1) is 0 Å². The van der Waals surface area contributed by atoms with Crippen LogP contribution in [-0.2, 0) is 14.3 Å². The third kappa shape index (κ3) is 4.58. The number of rotatable bonds is 8. The van der Waals surface area contributed by atoms with Crippen LogP contribution >= 0.6 is 0 Å². The van der Waals surface area contributed by atoms with E-state index in [0.717, 1.165) is 35.1 Å². The fourth-order valence-electron chi connectivity index (χ4n) is 5.06. The summed E-state index contributed by atoms with van der Waals surface area (Å²) in [5.74, 6) is -1.59. The van der Waals surface area contributed by atoms with E-state index in [1.165, 1.54) is 0 Å². The van der Waals surface area contributed by atoms with Crippen molar-refractivity contribution >= 4 is 18.0 Å². The van der Waals surface area contributed by atoms with Gasteiger partial charge in [0, 0.05) is 5.92 Å². The zero-order valence-corrected chi connectivity index (χ0v) is 18.8. The highest BCUT2D eigenvalue weighted by Crippen LogP contribution is 2.44. The monoisotopic (exact) mass is 450 g/mol. The second kappa shape index (κ2) is 9.65. The third-order valence-electron chi connectivity index (χ3n) is 6.76. The van der Waals surface area contributed by atoms with Crippen molar-refractivity contribution in [3.63, 3.8) is 0 Å². The van der Waals surface area contributed by atoms with Gasteiger partial charge in [0.1, 0.15) is 18.2 Å². The minimum Gasteiger partial charge on any atom is -0.480 e. The third-order valence-corrected chi connectivity index (χ3v) is 6.76. The summed E-state index contributed by atoms with van der Waals surface area (Å²) in [5.41, 5.74) is 3.38. The van der Waals surface area contributed by atoms with Crippen LogP contribution in [0, 0.1) is 0 Å². The Morgan fingerprint density at radius 3 is 2.15 bits per heavy atom. The van der Waals surface area contributed by atoms with Crippen LogP contribution in [0.1, 0.15) is 62.5 Å². The Labute approximate surface area is 193 Å². The highest BCUT2D eigenvalue weighted by molar-refractivity contribution is 5.93. The lowest BCUT2D eigenvalue weighted by atomic mass is 9.95. The molecule has 33 heavy (non-hydrogen) atoms. The molecule has 0 radical (unpaired) electrons. The van der Waals surface area contributed by atoms with Crippen LogP contribution < -0.4 is 10.6 Å².